The number of carbonyl (C=O) groups excluding carboxylic acids is 2. The molecule has 2 amide bonds. The number of nitrogens with zero attached hydrogens (tertiary/aromatic N) is 6. The molecule has 1 saturated heterocycles. The smallest absolute Gasteiger partial charge is 0.274 e. The summed E-state index contributed by atoms with van der Waals surface area (Å²) in [5, 5.41) is 25.3. The van der Waals surface area contributed by atoms with Crippen molar-refractivity contribution in [2.75, 3.05) is 6.54 Å². The molecule has 0 aliphatic carbocycles. The molecule has 0 unspecified atom stereocenters. The van der Waals surface area contributed by atoms with E-state index in [9.17, 15) is 28.3 Å². The first-order valence-corrected chi connectivity index (χ1v) is 12.7. The van der Waals surface area contributed by atoms with Gasteiger partial charge < -0.3 is 24.7 Å². The molecular weight excluding hydrogens is 528 g/mol. The Morgan fingerprint density at radius 2 is 2.02 bits per heavy atom. The molecule has 5 heterocycles. The van der Waals surface area contributed by atoms with Crippen LogP contribution in [0.2, 0.25) is 0 Å². The predicted molar refractivity (Wildman–Crippen MR) is 135 cm³/mol. The summed E-state index contributed by atoms with van der Waals surface area (Å²) >= 11 is 0. The Labute approximate surface area is 225 Å². The molecular formula is C26H25F2N7O5. The lowest BCUT2D eigenvalue weighted by atomic mass is 9.85. The van der Waals surface area contributed by atoms with Gasteiger partial charge in [-0.2, -0.15) is 0 Å². The molecule has 2 bridgehead atoms. The second kappa shape index (κ2) is 9.24. The van der Waals surface area contributed by atoms with Crippen LogP contribution < -0.4 is 10.7 Å². The number of pyridine rings is 1. The van der Waals surface area contributed by atoms with Crippen LogP contribution in [0.15, 0.2) is 40.7 Å². The van der Waals surface area contributed by atoms with E-state index in [2.05, 4.69) is 20.8 Å². The topological polar surface area (TPSA) is 144 Å². The van der Waals surface area contributed by atoms with Gasteiger partial charge in [-0.25, -0.2) is 13.5 Å². The number of hydrogen-bond acceptors (Lipinski definition) is 8. The monoisotopic (exact) mass is 553 g/mol. The summed E-state index contributed by atoms with van der Waals surface area (Å²) in [6, 6.07) is 1.40. The van der Waals surface area contributed by atoms with Gasteiger partial charge in [-0.15, -0.1) is 5.10 Å². The summed E-state index contributed by atoms with van der Waals surface area (Å²) in [4.78, 5) is 47.3. The first-order chi connectivity index (χ1) is 19.1. The highest BCUT2D eigenvalue weighted by Gasteiger charge is 2.54. The summed E-state index contributed by atoms with van der Waals surface area (Å²) in [6.07, 6.45) is 5.64. The molecule has 208 valence electrons. The third-order valence-corrected chi connectivity index (χ3v) is 7.94. The van der Waals surface area contributed by atoms with Gasteiger partial charge in [0.1, 0.15) is 17.2 Å². The molecule has 3 aliphatic heterocycles. The maximum Gasteiger partial charge on any atom is 0.274 e. The van der Waals surface area contributed by atoms with Crippen LogP contribution in [0.1, 0.15) is 64.2 Å². The Morgan fingerprint density at radius 3 is 2.73 bits per heavy atom. The number of aryl methyl sites for hydroxylation is 1. The molecule has 14 heteroatoms. The number of aromatic nitrogens is 4. The van der Waals surface area contributed by atoms with Crippen LogP contribution in [0.5, 0.6) is 5.75 Å². The molecule has 3 atom stereocenters. The number of amides is 2. The number of benzene rings is 1. The van der Waals surface area contributed by atoms with Gasteiger partial charge in [-0.05, 0) is 44.4 Å². The first kappa shape index (κ1) is 25.6. The molecule has 0 saturated carbocycles. The largest absolute Gasteiger partial charge is 0.503 e. The van der Waals surface area contributed by atoms with Crippen molar-refractivity contribution in [1.29, 1.82) is 0 Å². The number of carbonyl (C=O) groups is 2. The van der Waals surface area contributed by atoms with Gasteiger partial charge in [0.05, 0.1) is 24.9 Å². The van der Waals surface area contributed by atoms with Gasteiger partial charge in [-0.1, -0.05) is 10.4 Å². The van der Waals surface area contributed by atoms with E-state index in [-0.39, 0.29) is 30.3 Å². The van der Waals surface area contributed by atoms with Crippen LogP contribution >= 0.6 is 0 Å². The zero-order valence-corrected chi connectivity index (χ0v) is 21.6. The predicted octanol–water partition coefficient (Wildman–Crippen LogP) is 1.86. The number of oxime groups is 1. The van der Waals surface area contributed by atoms with Crippen LogP contribution in [0, 0.1) is 18.6 Å². The summed E-state index contributed by atoms with van der Waals surface area (Å²) in [6.45, 7) is 3.05. The lowest BCUT2D eigenvalue weighted by molar-refractivity contribution is -0.0655. The molecule has 6 rings (SSSR count). The Bertz CT molecular complexity index is 1610. The van der Waals surface area contributed by atoms with E-state index in [1.807, 2.05) is 6.92 Å². The van der Waals surface area contributed by atoms with E-state index >= 15 is 0 Å². The summed E-state index contributed by atoms with van der Waals surface area (Å²) in [5.41, 5.74) is -2.81. The highest BCUT2D eigenvalue weighted by atomic mass is 19.1. The van der Waals surface area contributed by atoms with Crippen molar-refractivity contribution in [2.45, 2.75) is 57.3 Å². The van der Waals surface area contributed by atoms with Gasteiger partial charge in [-0.3, -0.25) is 14.4 Å². The maximum atomic E-state index is 14.3. The fourth-order valence-electron chi connectivity index (χ4n) is 5.73. The second-order valence-corrected chi connectivity index (χ2v) is 10.4. The minimum absolute atomic E-state index is 0.177. The molecule has 0 radical (unpaired) electrons. The number of aromatic hydroxyl groups is 1. The second-order valence-electron chi connectivity index (χ2n) is 10.4. The third kappa shape index (κ3) is 3.93. The molecule has 1 spiro atoms. The van der Waals surface area contributed by atoms with Gasteiger partial charge in [0.25, 0.3) is 11.8 Å². The molecule has 2 N–H and O–H groups in total. The van der Waals surface area contributed by atoms with Crippen LogP contribution in [0.25, 0.3) is 0 Å². The summed E-state index contributed by atoms with van der Waals surface area (Å²) in [5.74, 6) is -3.61. The molecule has 40 heavy (non-hydrogen) atoms. The van der Waals surface area contributed by atoms with Crippen molar-refractivity contribution < 1.29 is 28.3 Å². The number of nitrogens with one attached hydrogen (secondary N) is 1. The number of hydrogen-bond donors (Lipinski definition) is 2. The molecule has 3 aliphatic rings. The van der Waals surface area contributed by atoms with Gasteiger partial charge in [0, 0.05) is 30.9 Å². The fourth-order valence-corrected chi connectivity index (χ4v) is 5.73. The van der Waals surface area contributed by atoms with Crippen molar-refractivity contribution in [2.24, 2.45) is 5.16 Å². The Kier molecular flexibility index (Phi) is 5.93. The van der Waals surface area contributed by atoms with E-state index in [0.29, 0.717) is 24.2 Å². The average molecular weight is 554 g/mol. The van der Waals surface area contributed by atoms with E-state index in [4.69, 9.17) is 4.84 Å². The van der Waals surface area contributed by atoms with Gasteiger partial charge >= 0.3 is 0 Å². The van der Waals surface area contributed by atoms with Crippen LogP contribution in [0.4, 0.5) is 8.78 Å². The minimum atomic E-state index is -1.07. The van der Waals surface area contributed by atoms with E-state index in [0.717, 1.165) is 12.1 Å². The number of rotatable bonds is 3. The van der Waals surface area contributed by atoms with Crippen molar-refractivity contribution >= 4 is 17.6 Å². The lowest BCUT2D eigenvalue weighted by Gasteiger charge is -2.41. The third-order valence-electron chi connectivity index (χ3n) is 7.94. The van der Waals surface area contributed by atoms with E-state index in [1.54, 1.807) is 11.1 Å². The van der Waals surface area contributed by atoms with Gasteiger partial charge in [0.15, 0.2) is 22.9 Å². The van der Waals surface area contributed by atoms with Crippen molar-refractivity contribution in [3.05, 3.63) is 75.0 Å². The Hall–Kier alpha value is -4.62. The van der Waals surface area contributed by atoms with Crippen LogP contribution in [-0.2, 0) is 11.4 Å². The normalized spacial score (nSPS) is 23.4. The highest BCUT2D eigenvalue weighted by molar-refractivity contribution is 5.99. The van der Waals surface area contributed by atoms with Crippen molar-refractivity contribution in [3.63, 3.8) is 0 Å². The quantitative estimate of drug-likeness (QED) is 0.504. The standard InChI is InChI=1S/C26H25F2N7O5/c1-13-7-17(27)15(18(28)8-13)10-29-24(38)16-11-34-19-12-33(25(39)21(34)23(37)22(16)36)14(2)3-4-26(19)9-20(31-40-26)35-6-5-30-32-35/h5-8,11,14,19,37H,3-4,9-10,12H2,1-2H3,(H,29,38)/t14-,19+,26-/m0/s1. The van der Waals surface area contributed by atoms with Crippen molar-refractivity contribution in [3.8, 4) is 5.75 Å². The molecule has 3 aromatic rings. The Balaban J connectivity index is 1.39. The molecule has 12 nitrogen and oxygen atoms in total. The summed E-state index contributed by atoms with van der Waals surface area (Å²) in [7, 11) is 0. The van der Waals surface area contributed by atoms with Crippen molar-refractivity contribution in [1.82, 2.24) is 29.8 Å². The Morgan fingerprint density at radius 1 is 1.27 bits per heavy atom. The lowest BCUT2D eigenvalue weighted by Crippen LogP contribution is -2.52. The fraction of sp³-hybridized carbons (Fsp3) is 0.385. The molecule has 1 aromatic carbocycles. The zero-order chi connectivity index (χ0) is 28.3. The highest BCUT2D eigenvalue weighted by Crippen LogP contribution is 2.46. The maximum absolute atomic E-state index is 14.3. The minimum Gasteiger partial charge on any atom is -0.503 e. The zero-order valence-electron chi connectivity index (χ0n) is 21.6. The number of fused-ring (bicyclic) bond motifs is 5. The molecule has 1 fully saturated rings. The summed E-state index contributed by atoms with van der Waals surface area (Å²) < 4.78 is 31.5. The first-order valence-electron chi connectivity index (χ1n) is 12.7. The average Bonchev–Trinajstić information content (AvgIpc) is 3.57. The van der Waals surface area contributed by atoms with Crippen LogP contribution in [0.3, 0.4) is 0 Å². The molecule has 2 aromatic heterocycles. The van der Waals surface area contributed by atoms with Gasteiger partial charge in [0.2, 0.25) is 5.43 Å². The van der Waals surface area contributed by atoms with E-state index < -0.39 is 58.4 Å². The van der Waals surface area contributed by atoms with E-state index in [1.165, 1.54) is 28.6 Å². The van der Waals surface area contributed by atoms with Crippen LogP contribution in [-0.4, -0.2) is 65.4 Å². The SMILES string of the molecule is Cc1cc(F)c(CNC(=O)c2cn3c(c(O)c2=O)C(=O)N2C[C@@H]3[C@]3(CC[C@@H]2C)CC(n2ccnn2)=NO3)c(F)c1. The number of halogens is 2.